The number of hydrogen-bond donors (Lipinski definition) is 0. The van der Waals surface area contributed by atoms with Gasteiger partial charge in [0, 0.05) is 11.9 Å². The minimum atomic E-state index is 0.262. The lowest BCUT2D eigenvalue weighted by molar-refractivity contribution is 0.289. The molecule has 2 heterocycles. The molecule has 0 fully saturated rings. The van der Waals surface area contributed by atoms with Gasteiger partial charge in [0.15, 0.2) is 11.5 Å². The van der Waals surface area contributed by atoms with E-state index in [9.17, 15) is 0 Å². The Balaban J connectivity index is 1.86. The number of aryl methyl sites for hydroxylation is 1. The van der Waals surface area contributed by atoms with Crippen molar-refractivity contribution >= 4 is 34.4 Å². The van der Waals surface area contributed by atoms with E-state index in [1.54, 1.807) is 22.6 Å². The molecule has 3 aromatic rings. The normalized spacial score (nSPS) is 11.0. The fraction of sp³-hybridized carbons (Fsp3) is 0.214. The lowest BCUT2D eigenvalue weighted by Crippen LogP contribution is -2.04. The highest BCUT2D eigenvalue weighted by atomic mass is 35.5. The summed E-state index contributed by atoms with van der Waals surface area (Å²) in [7, 11) is 1.82. The minimum Gasteiger partial charge on any atom is -0.484 e. The van der Waals surface area contributed by atoms with Crippen molar-refractivity contribution < 1.29 is 4.74 Å². The molecular formula is C14H13ClN4OS. The smallest absolute Gasteiger partial charge is 0.170 e. The van der Waals surface area contributed by atoms with E-state index in [-0.39, 0.29) is 6.61 Å². The highest BCUT2D eigenvalue weighted by Gasteiger charge is 2.11. The maximum atomic E-state index is 6.15. The van der Waals surface area contributed by atoms with Crippen LogP contribution < -0.4 is 4.74 Å². The highest BCUT2D eigenvalue weighted by molar-refractivity contribution is 7.98. The molecule has 108 valence electrons. The van der Waals surface area contributed by atoms with E-state index in [0.29, 0.717) is 16.6 Å². The molecule has 0 unspecified atom stereocenters. The minimum absolute atomic E-state index is 0.262. The van der Waals surface area contributed by atoms with Crippen LogP contribution in [0.4, 0.5) is 0 Å². The molecule has 1 aromatic carbocycles. The molecule has 0 aliphatic heterocycles. The van der Waals surface area contributed by atoms with Crippen LogP contribution in [0, 0.1) is 0 Å². The van der Waals surface area contributed by atoms with Crippen LogP contribution in [0.5, 0.6) is 5.75 Å². The summed E-state index contributed by atoms with van der Waals surface area (Å²) < 4.78 is 7.47. The van der Waals surface area contributed by atoms with E-state index in [1.165, 1.54) is 0 Å². The fourth-order valence-corrected chi connectivity index (χ4v) is 2.75. The molecule has 0 atom stereocenters. The van der Waals surface area contributed by atoms with Crippen molar-refractivity contribution in [2.75, 3.05) is 6.26 Å². The first-order valence-corrected chi connectivity index (χ1v) is 7.89. The molecule has 7 heteroatoms. The largest absolute Gasteiger partial charge is 0.484 e. The van der Waals surface area contributed by atoms with Crippen LogP contribution in [-0.2, 0) is 13.7 Å². The number of aromatic nitrogens is 4. The summed E-state index contributed by atoms with van der Waals surface area (Å²) in [5.41, 5.74) is 0.701. The van der Waals surface area contributed by atoms with Gasteiger partial charge in [-0.1, -0.05) is 23.7 Å². The van der Waals surface area contributed by atoms with Crippen molar-refractivity contribution in [2.24, 2.45) is 7.05 Å². The molecule has 2 aromatic heterocycles. The van der Waals surface area contributed by atoms with Crippen LogP contribution in [0.2, 0.25) is 5.15 Å². The monoisotopic (exact) mass is 320 g/mol. The number of para-hydroxylation sites is 1. The number of fused-ring (bicyclic) bond motifs is 1. The lowest BCUT2D eigenvalue weighted by Gasteiger charge is -2.09. The van der Waals surface area contributed by atoms with E-state index in [2.05, 4.69) is 15.1 Å². The molecule has 0 saturated heterocycles. The van der Waals surface area contributed by atoms with Crippen molar-refractivity contribution in [3.8, 4) is 5.75 Å². The zero-order valence-electron chi connectivity index (χ0n) is 11.6. The van der Waals surface area contributed by atoms with Gasteiger partial charge in [-0.3, -0.25) is 4.68 Å². The number of nitrogens with zero attached hydrogens (tertiary/aromatic N) is 4. The predicted octanol–water partition coefficient (Wildman–Crippen LogP) is 3.32. The van der Waals surface area contributed by atoms with Crippen molar-refractivity contribution in [3.05, 3.63) is 41.4 Å². The van der Waals surface area contributed by atoms with Gasteiger partial charge in [-0.25, -0.2) is 9.97 Å². The van der Waals surface area contributed by atoms with E-state index < -0.39 is 0 Å². The predicted molar refractivity (Wildman–Crippen MR) is 83.9 cm³/mol. The summed E-state index contributed by atoms with van der Waals surface area (Å²) >= 11 is 7.79. The van der Waals surface area contributed by atoms with Gasteiger partial charge < -0.3 is 4.74 Å². The van der Waals surface area contributed by atoms with Crippen LogP contribution in [-0.4, -0.2) is 26.0 Å². The fourth-order valence-electron chi connectivity index (χ4n) is 1.97. The SMILES string of the molecule is CSc1ccccc1OCc1nc(Cl)c2cnn(C)c2n1. The highest BCUT2D eigenvalue weighted by Crippen LogP contribution is 2.27. The number of thioether (sulfide) groups is 1. The quantitative estimate of drug-likeness (QED) is 0.545. The second kappa shape index (κ2) is 5.91. The molecule has 21 heavy (non-hydrogen) atoms. The van der Waals surface area contributed by atoms with Crippen LogP contribution >= 0.6 is 23.4 Å². The van der Waals surface area contributed by atoms with Gasteiger partial charge in [0.1, 0.15) is 17.5 Å². The van der Waals surface area contributed by atoms with Crippen molar-refractivity contribution in [2.45, 2.75) is 11.5 Å². The molecule has 0 aliphatic rings. The Hall–Kier alpha value is -1.79. The third-order valence-corrected chi connectivity index (χ3v) is 4.08. The summed E-state index contributed by atoms with van der Waals surface area (Å²) in [5.74, 6) is 1.35. The maximum absolute atomic E-state index is 6.15. The zero-order valence-corrected chi connectivity index (χ0v) is 13.1. The summed E-state index contributed by atoms with van der Waals surface area (Å²) in [4.78, 5) is 9.77. The lowest BCUT2D eigenvalue weighted by atomic mass is 10.3. The molecule has 0 bridgehead atoms. The Bertz CT molecular complexity index is 790. The van der Waals surface area contributed by atoms with Gasteiger partial charge in [-0.05, 0) is 18.4 Å². The first-order chi connectivity index (χ1) is 10.2. The number of rotatable bonds is 4. The topological polar surface area (TPSA) is 52.8 Å². The molecule has 0 radical (unpaired) electrons. The second-order valence-electron chi connectivity index (χ2n) is 4.38. The Labute approximate surface area is 131 Å². The van der Waals surface area contributed by atoms with E-state index in [1.807, 2.05) is 37.6 Å². The summed E-state index contributed by atoms with van der Waals surface area (Å²) in [6, 6.07) is 7.86. The Morgan fingerprint density at radius 3 is 2.90 bits per heavy atom. The Morgan fingerprint density at radius 2 is 2.10 bits per heavy atom. The zero-order chi connectivity index (χ0) is 14.8. The van der Waals surface area contributed by atoms with Gasteiger partial charge in [0.2, 0.25) is 0 Å². The van der Waals surface area contributed by atoms with Crippen molar-refractivity contribution in [1.29, 1.82) is 0 Å². The summed E-state index contributed by atoms with van der Waals surface area (Å²) in [5, 5.41) is 5.27. The molecular weight excluding hydrogens is 308 g/mol. The van der Waals surface area contributed by atoms with Crippen LogP contribution in [0.3, 0.4) is 0 Å². The van der Waals surface area contributed by atoms with Crippen LogP contribution in [0.15, 0.2) is 35.4 Å². The molecule has 5 nitrogen and oxygen atoms in total. The molecule has 0 aliphatic carbocycles. The van der Waals surface area contributed by atoms with E-state index >= 15 is 0 Å². The van der Waals surface area contributed by atoms with Gasteiger partial charge in [-0.15, -0.1) is 11.8 Å². The first-order valence-electron chi connectivity index (χ1n) is 6.29. The summed E-state index contributed by atoms with van der Waals surface area (Å²) in [6.07, 6.45) is 3.67. The number of benzene rings is 1. The molecule has 0 amide bonds. The third-order valence-electron chi connectivity index (χ3n) is 3.02. The average molecular weight is 321 g/mol. The number of halogens is 1. The number of ether oxygens (including phenoxy) is 1. The Kier molecular flexibility index (Phi) is 3.98. The maximum Gasteiger partial charge on any atom is 0.170 e. The second-order valence-corrected chi connectivity index (χ2v) is 5.58. The van der Waals surface area contributed by atoms with Gasteiger partial charge in [0.25, 0.3) is 0 Å². The Morgan fingerprint density at radius 1 is 1.29 bits per heavy atom. The average Bonchev–Trinajstić information content (AvgIpc) is 2.87. The number of hydrogen-bond acceptors (Lipinski definition) is 5. The van der Waals surface area contributed by atoms with Crippen molar-refractivity contribution in [3.63, 3.8) is 0 Å². The van der Waals surface area contributed by atoms with E-state index in [0.717, 1.165) is 16.0 Å². The van der Waals surface area contributed by atoms with Gasteiger partial charge >= 0.3 is 0 Å². The van der Waals surface area contributed by atoms with Gasteiger partial charge in [0.05, 0.1) is 11.6 Å². The third kappa shape index (κ3) is 2.82. The summed E-state index contributed by atoms with van der Waals surface area (Å²) in [6.45, 7) is 0.262. The van der Waals surface area contributed by atoms with Crippen molar-refractivity contribution in [1.82, 2.24) is 19.7 Å². The van der Waals surface area contributed by atoms with Crippen LogP contribution in [0.1, 0.15) is 5.82 Å². The molecule has 0 N–H and O–H groups in total. The molecule has 0 saturated carbocycles. The molecule has 3 rings (SSSR count). The van der Waals surface area contributed by atoms with Gasteiger partial charge in [-0.2, -0.15) is 5.10 Å². The van der Waals surface area contributed by atoms with Crippen LogP contribution in [0.25, 0.3) is 11.0 Å². The first kappa shape index (κ1) is 14.2. The van der Waals surface area contributed by atoms with E-state index in [4.69, 9.17) is 16.3 Å². The molecule has 0 spiro atoms. The standard InChI is InChI=1S/C14H13ClN4OS/c1-19-14-9(7-16-19)13(15)17-12(18-14)8-20-10-5-3-4-6-11(10)21-2/h3-7H,8H2,1-2H3.